The van der Waals surface area contributed by atoms with Crippen molar-refractivity contribution in [3.05, 3.63) is 41.1 Å². The van der Waals surface area contributed by atoms with Crippen molar-refractivity contribution in [1.82, 2.24) is 0 Å². The zero-order chi connectivity index (χ0) is 9.26. The summed E-state index contributed by atoms with van der Waals surface area (Å²) in [6.07, 6.45) is 0. The fourth-order valence-corrected chi connectivity index (χ4v) is 1.62. The maximum absolute atomic E-state index is 5.42. The third-order valence-corrected chi connectivity index (χ3v) is 2.58. The molecular weight excluding hydrogens is 247 g/mol. The molecule has 0 aliphatic carbocycles. The predicted molar refractivity (Wildman–Crippen MR) is 61.2 cm³/mol. The van der Waals surface area contributed by atoms with Gasteiger partial charge in [0, 0.05) is 5.56 Å². The normalized spacial score (nSPS) is 10.3. The molecule has 0 fully saturated rings. The number of furan rings is 1. The highest BCUT2D eigenvalue weighted by atomic mass is 79.9. The van der Waals surface area contributed by atoms with Crippen molar-refractivity contribution in [2.45, 2.75) is 0 Å². The highest BCUT2D eigenvalue weighted by molar-refractivity contribution is 9.10. The van der Waals surface area contributed by atoms with Gasteiger partial charge in [-0.1, -0.05) is 24.3 Å². The van der Waals surface area contributed by atoms with Gasteiger partial charge in [-0.05, 0) is 33.4 Å². The first-order valence-electron chi connectivity index (χ1n) is 3.87. The monoisotopic (exact) mass is 254 g/mol. The Hall–Kier alpha value is -0.590. The molecule has 13 heavy (non-hydrogen) atoms. The number of hydrogen-bond donors (Lipinski definition) is 0. The Morgan fingerprint density at radius 3 is 2.23 bits per heavy atom. The van der Waals surface area contributed by atoms with Crippen LogP contribution in [0.5, 0.6) is 0 Å². The summed E-state index contributed by atoms with van der Waals surface area (Å²) in [6, 6.07) is 12.0. The molecule has 2 aromatic rings. The fourth-order valence-electron chi connectivity index (χ4n) is 1.12. The zero-order valence-electron chi connectivity index (χ0n) is 6.83. The molecule has 66 valence electrons. The van der Waals surface area contributed by atoms with Crippen LogP contribution in [0.15, 0.2) is 45.5 Å². The Morgan fingerprint density at radius 2 is 1.69 bits per heavy atom. The van der Waals surface area contributed by atoms with Crippen LogP contribution in [0.25, 0.3) is 11.3 Å². The lowest BCUT2D eigenvalue weighted by atomic mass is 10.2. The smallest absolute Gasteiger partial charge is 0.169 e. The first-order chi connectivity index (χ1) is 6.25. The number of rotatable bonds is 1. The standard InChI is InChI=1S/C10H8BrOP/c11-10-6-5-9(12-10)7-1-3-8(13)4-2-7/h1-6H,13H2. The summed E-state index contributed by atoms with van der Waals surface area (Å²) in [4.78, 5) is 0. The van der Waals surface area contributed by atoms with E-state index >= 15 is 0 Å². The van der Waals surface area contributed by atoms with Gasteiger partial charge in [0.2, 0.25) is 0 Å². The van der Waals surface area contributed by atoms with E-state index in [2.05, 4.69) is 25.2 Å². The Balaban J connectivity index is 2.41. The van der Waals surface area contributed by atoms with Crippen molar-refractivity contribution in [1.29, 1.82) is 0 Å². The first kappa shape index (κ1) is 8.98. The largest absolute Gasteiger partial charge is 0.449 e. The molecule has 0 N–H and O–H groups in total. The van der Waals surface area contributed by atoms with Crippen LogP contribution in [0, 0.1) is 0 Å². The van der Waals surface area contributed by atoms with Gasteiger partial charge >= 0.3 is 0 Å². The second kappa shape index (κ2) is 3.65. The van der Waals surface area contributed by atoms with Gasteiger partial charge in [0.05, 0.1) is 0 Å². The number of benzene rings is 1. The molecule has 1 unspecified atom stereocenters. The van der Waals surface area contributed by atoms with E-state index in [-0.39, 0.29) is 0 Å². The van der Waals surface area contributed by atoms with E-state index in [1.165, 1.54) is 5.30 Å². The van der Waals surface area contributed by atoms with Gasteiger partial charge in [-0.2, -0.15) is 0 Å². The van der Waals surface area contributed by atoms with E-state index < -0.39 is 0 Å². The molecule has 3 heteroatoms. The highest BCUT2D eigenvalue weighted by Gasteiger charge is 2.01. The molecule has 0 aliphatic rings. The second-order valence-corrected chi connectivity index (χ2v) is 4.17. The summed E-state index contributed by atoms with van der Waals surface area (Å²) in [7, 11) is 2.65. The second-order valence-electron chi connectivity index (χ2n) is 2.73. The molecule has 2 rings (SSSR count). The van der Waals surface area contributed by atoms with Crippen LogP contribution in [-0.2, 0) is 0 Å². The van der Waals surface area contributed by atoms with Crippen molar-refractivity contribution >= 4 is 30.5 Å². The van der Waals surface area contributed by atoms with Crippen molar-refractivity contribution < 1.29 is 4.42 Å². The molecule has 0 saturated carbocycles. The van der Waals surface area contributed by atoms with Crippen molar-refractivity contribution in [2.24, 2.45) is 0 Å². The minimum Gasteiger partial charge on any atom is -0.449 e. The highest BCUT2D eigenvalue weighted by Crippen LogP contribution is 2.24. The Morgan fingerprint density at radius 1 is 1.00 bits per heavy atom. The Kier molecular flexibility index (Phi) is 2.52. The quantitative estimate of drug-likeness (QED) is 0.713. The van der Waals surface area contributed by atoms with Gasteiger partial charge in [0.25, 0.3) is 0 Å². The summed E-state index contributed by atoms with van der Waals surface area (Å²) in [6.45, 7) is 0. The minimum atomic E-state index is 0.762. The molecule has 0 amide bonds. The maximum atomic E-state index is 5.42. The van der Waals surface area contributed by atoms with Gasteiger partial charge in [-0.25, -0.2) is 0 Å². The molecule has 1 aromatic heterocycles. The topological polar surface area (TPSA) is 13.1 Å². The average molecular weight is 255 g/mol. The molecule has 0 radical (unpaired) electrons. The third-order valence-electron chi connectivity index (χ3n) is 1.77. The Labute approximate surface area is 87.5 Å². The van der Waals surface area contributed by atoms with Crippen LogP contribution in [0.3, 0.4) is 0 Å². The zero-order valence-corrected chi connectivity index (χ0v) is 9.57. The van der Waals surface area contributed by atoms with Crippen LogP contribution in [0.1, 0.15) is 0 Å². The summed E-state index contributed by atoms with van der Waals surface area (Å²) in [5, 5.41) is 1.18. The molecule has 1 aromatic carbocycles. The van der Waals surface area contributed by atoms with E-state index in [0.29, 0.717) is 0 Å². The lowest BCUT2D eigenvalue weighted by Crippen LogP contribution is -1.86. The van der Waals surface area contributed by atoms with Crippen molar-refractivity contribution in [3.63, 3.8) is 0 Å². The van der Waals surface area contributed by atoms with E-state index in [4.69, 9.17) is 4.42 Å². The van der Waals surface area contributed by atoms with Crippen LogP contribution in [-0.4, -0.2) is 0 Å². The SMILES string of the molecule is Pc1ccc(-c2ccc(Br)o2)cc1. The van der Waals surface area contributed by atoms with E-state index in [9.17, 15) is 0 Å². The first-order valence-corrected chi connectivity index (χ1v) is 5.24. The van der Waals surface area contributed by atoms with Gasteiger partial charge in [0.1, 0.15) is 5.76 Å². The van der Waals surface area contributed by atoms with Crippen LogP contribution in [0.4, 0.5) is 0 Å². The Bertz CT molecular complexity index is 405. The van der Waals surface area contributed by atoms with Crippen molar-refractivity contribution in [3.8, 4) is 11.3 Å². The molecule has 1 heterocycles. The predicted octanol–water partition coefficient (Wildman–Crippen LogP) is 3.21. The van der Waals surface area contributed by atoms with Crippen LogP contribution >= 0.6 is 25.2 Å². The summed E-state index contributed by atoms with van der Waals surface area (Å²) < 4.78 is 6.18. The molecule has 1 nitrogen and oxygen atoms in total. The van der Waals surface area contributed by atoms with Gasteiger partial charge in [0.15, 0.2) is 4.67 Å². The summed E-state index contributed by atoms with van der Waals surface area (Å²) in [5.74, 6) is 0.886. The number of halogens is 1. The lowest BCUT2D eigenvalue weighted by molar-refractivity contribution is 0.556. The van der Waals surface area contributed by atoms with Gasteiger partial charge < -0.3 is 4.42 Å². The van der Waals surface area contributed by atoms with Crippen LogP contribution < -0.4 is 5.30 Å². The van der Waals surface area contributed by atoms with E-state index in [1.807, 2.05) is 36.4 Å². The molecular formula is C10H8BrOP. The average Bonchev–Trinajstić information content (AvgIpc) is 2.53. The minimum absolute atomic E-state index is 0.762. The van der Waals surface area contributed by atoms with Crippen molar-refractivity contribution in [2.75, 3.05) is 0 Å². The van der Waals surface area contributed by atoms with Gasteiger partial charge in [-0.3, -0.25) is 0 Å². The molecule has 0 bridgehead atoms. The number of hydrogen-bond acceptors (Lipinski definition) is 1. The molecule has 0 saturated heterocycles. The van der Waals surface area contributed by atoms with E-state index in [0.717, 1.165) is 16.0 Å². The summed E-state index contributed by atoms with van der Waals surface area (Å²) >= 11 is 3.27. The lowest BCUT2D eigenvalue weighted by Gasteiger charge is -1.96. The third kappa shape index (κ3) is 2.01. The fraction of sp³-hybridized carbons (Fsp3) is 0. The van der Waals surface area contributed by atoms with Gasteiger partial charge in [-0.15, -0.1) is 9.24 Å². The molecule has 0 spiro atoms. The van der Waals surface area contributed by atoms with E-state index in [1.54, 1.807) is 0 Å². The molecule has 0 aliphatic heterocycles. The maximum Gasteiger partial charge on any atom is 0.169 e. The van der Waals surface area contributed by atoms with Crippen LogP contribution in [0.2, 0.25) is 0 Å². The molecule has 1 atom stereocenters. The summed E-state index contributed by atoms with van der Waals surface area (Å²) in [5.41, 5.74) is 1.09.